The second kappa shape index (κ2) is 19.9. The van der Waals surface area contributed by atoms with Gasteiger partial charge in [-0.15, -0.1) is 17.6 Å². The first-order valence-corrected chi connectivity index (χ1v) is 19.7. The molecule has 5 heterocycles. The maximum Gasteiger partial charge on any atom is 0.586 e. The van der Waals surface area contributed by atoms with Crippen LogP contribution in [-0.4, -0.2) is 50.1 Å². The number of nitrogens with one attached hydrogen (secondary N) is 2. The van der Waals surface area contributed by atoms with Crippen molar-refractivity contribution >= 4 is 72.4 Å². The number of pyridine rings is 2. The summed E-state index contributed by atoms with van der Waals surface area (Å²) in [7, 11) is 0. The average molecular weight is 951 g/mol. The van der Waals surface area contributed by atoms with Crippen molar-refractivity contribution in [3.8, 4) is 45.3 Å². The van der Waals surface area contributed by atoms with E-state index in [1.54, 1.807) is 30.3 Å². The number of amides is 1. The molecule has 3 radical (unpaired) electrons. The van der Waals surface area contributed by atoms with E-state index in [1.807, 2.05) is 0 Å². The molecule has 0 bridgehead atoms. The molecule has 2 aromatic heterocycles. The van der Waals surface area contributed by atoms with Gasteiger partial charge in [-0.25, -0.2) is 18.7 Å². The van der Waals surface area contributed by atoms with Gasteiger partial charge in [0.15, 0.2) is 23.0 Å². The predicted octanol–water partition coefficient (Wildman–Crippen LogP) is 12.3. The number of benzene rings is 4. The number of halogens is 10. The van der Waals surface area contributed by atoms with Crippen molar-refractivity contribution in [3.63, 3.8) is 0 Å². The fraction of sp³-hybridized carbons (Fsp3) is 0.167. The molecule has 1 fully saturated rings. The minimum atomic E-state index is -3.76. The van der Waals surface area contributed by atoms with E-state index in [-0.39, 0.29) is 69.4 Å². The van der Waals surface area contributed by atoms with Crippen LogP contribution in [-0.2, 0) is 11.3 Å². The lowest BCUT2D eigenvalue weighted by Gasteiger charge is -2.10. The highest BCUT2D eigenvalue weighted by molar-refractivity contribution is 6.35. The van der Waals surface area contributed by atoms with Crippen LogP contribution in [0.5, 0.6) is 23.0 Å². The Morgan fingerprint density at radius 2 is 1.11 bits per heavy atom. The molecular weight excluding hydrogens is 923 g/mol. The van der Waals surface area contributed by atoms with Gasteiger partial charge < -0.3 is 34.3 Å². The van der Waals surface area contributed by atoms with E-state index < -0.39 is 30.1 Å². The summed E-state index contributed by atoms with van der Waals surface area (Å²) in [6, 6.07) is 20.0. The zero-order valence-electron chi connectivity index (χ0n) is 32.0. The second-order valence-electron chi connectivity index (χ2n) is 13.2. The molecule has 63 heavy (non-hydrogen) atoms. The number of carbonyl (C=O) groups excluding carboxylic acids is 1. The third-order valence-corrected chi connectivity index (χ3v) is 10.3. The summed E-state index contributed by atoms with van der Waals surface area (Å²) in [6.07, 6.45) is -2.01. The summed E-state index contributed by atoms with van der Waals surface area (Å²) in [5.41, 5.74) is 2.48. The number of alkyl halides is 4. The number of hydrogen-bond donors (Lipinski definition) is 2. The lowest BCUT2D eigenvalue weighted by atomic mass is 10.1. The van der Waals surface area contributed by atoms with E-state index in [0.717, 1.165) is 19.3 Å². The molecule has 0 aliphatic carbocycles. The van der Waals surface area contributed by atoms with Gasteiger partial charge in [-0.1, -0.05) is 64.6 Å². The van der Waals surface area contributed by atoms with Crippen LogP contribution in [0.1, 0.15) is 28.8 Å². The van der Waals surface area contributed by atoms with Gasteiger partial charge in [0.05, 0.1) is 25.7 Å². The van der Waals surface area contributed by atoms with Gasteiger partial charge in [-0.3, -0.25) is 4.79 Å². The third kappa shape index (κ3) is 11.5. The minimum Gasteiger partial charge on any atom is -0.395 e. The normalized spacial score (nSPS) is 14.6. The molecule has 4 aromatic carbocycles. The van der Waals surface area contributed by atoms with Gasteiger partial charge in [0.1, 0.15) is 23.3 Å². The van der Waals surface area contributed by atoms with Crippen molar-refractivity contribution in [3.05, 3.63) is 140 Å². The molecule has 325 valence electrons. The molecule has 3 aliphatic rings. The Kier molecular flexibility index (Phi) is 14.8. The quantitative estimate of drug-likeness (QED) is 0.119. The van der Waals surface area contributed by atoms with E-state index in [2.05, 4.69) is 39.5 Å². The molecule has 9 rings (SSSR count). The van der Waals surface area contributed by atoms with Crippen LogP contribution >= 0.6 is 46.4 Å². The lowest BCUT2D eigenvalue weighted by molar-refractivity contribution is -0.287. The minimum absolute atomic E-state index is 0. The Labute approximate surface area is 376 Å². The van der Waals surface area contributed by atoms with E-state index in [4.69, 9.17) is 51.1 Å². The van der Waals surface area contributed by atoms with Gasteiger partial charge in [-0.2, -0.15) is 0 Å². The standard InChI is InChI=1S/C19H9Cl2F3N2O3.C19H11Cl2F3N2O2.C4H8O.B/c20-12-7-15-14(28-19(23,24)29-15)6-11(12)9-4-5-16(25-8-9)26-18(27)10-2-1-3-13(22)17(10)21;20-13-7-16-15(27-19(23,24)28-16)6-12(13)10-4-5-17(25-8-10)26-9-11-2-1-3-14(22)18(11)21;1-2-4-5-3-1;/h1-8H,(H,25,26,27);1-8H,9H2,(H,25,26);1-4H2;. The van der Waals surface area contributed by atoms with Crippen LogP contribution in [0.4, 0.5) is 38.0 Å². The first kappa shape index (κ1) is 46.9. The molecule has 6 aromatic rings. The first-order chi connectivity index (χ1) is 29.6. The van der Waals surface area contributed by atoms with Crippen molar-refractivity contribution in [1.82, 2.24) is 9.97 Å². The van der Waals surface area contributed by atoms with Crippen molar-refractivity contribution in [2.75, 3.05) is 23.8 Å². The summed E-state index contributed by atoms with van der Waals surface area (Å²) in [4.78, 5) is 20.6. The van der Waals surface area contributed by atoms with Gasteiger partial charge in [0.25, 0.3) is 5.91 Å². The Hall–Kier alpha value is -5.59. The number of nitrogens with zero attached hydrogens (tertiary/aromatic N) is 2. The molecule has 0 unspecified atom stereocenters. The molecule has 21 heteroatoms. The molecule has 1 amide bonds. The van der Waals surface area contributed by atoms with E-state index >= 15 is 0 Å². The number of aromatic nitrogens is 2. The summed E-state index contributed by atoms with van der Waals surface area (Å²) in [5.74, 6) is -1.73. The maximum absolute atomic E-state index is 13.5. The van der Waals surface area contributed by atoms with E-state index in [9.17, 15) is 31.1 Å². The Morgan fingerprint density at radius 1 is 0.635 bits per heavy atom. The average Bonchev–Trinajstić information content (AvgIpc) is 3.98. The fourth-order valence-corrected chi connectivity index (χ4v) is 6.84. The zero-order chi connectivity index (χ0) is 44.2. The van der Waals surface area contributed by atoms with Crippen LogP contribution in [0, 0.1) is 11.6 Å². The lowest BCUT2D eigenvalue weighted by Crippen LogP contribution is -2.25. The summed E-state index contributed by atoms with van der Waals surface area (Å²) < 4.78 is 102. The predicted molar refractivity (Wildman–Crippen MR) is 226 cm³/mol. The first-order valence-electron chi connectivity index (χ1n) is 18.2. The van der Waals surface area contributed by atoms with Gasteiger partial charge in [0.2, 0.25) is 0 Å². The van der Waals surface area contributed by atoms with Crippen LogP contribution < -0.4 is 29.6 Å². The fourth-order valence-electron chi connectivity index (χ4n) is 5.91. The Balaban J connectivity index is 0.000000186. The van der Waals surface area contributed by atoms with Crippen LogP contribution in [0.2, 0.25) is 20.1 Å². The van der Waals surface area contributed by atoms with Gasteiger partial charge >= 0.3 is 12.6 Å². The smallest absolute Gasteiger partial charge is 0.395 e. The molecule has 0 atom stereocenters. The van der Waals surface area contributed by atoms with Crippen molar-refractivity contribution in [2.24, 2.45) is 0 Å². The van der Waals surface area contributed by atoms with Gasteiger partial charge in [0, 0.05) is 75.0 Å². The number of carbonyl (C=O) groups is 1. The number of rotatable bonds is 7. The molecule has 10 nitrogen and oxygen atoms in total. The van der Waals surface area contributed by atoms with Crippen molar-refractivity contribution in [2.45, 2.75) is 32.0 Å². The van der Waals surface area contributed by atoms with Crippen molar-refractivity contribution in [1.29, 1.82) is 0 Å². The monoisotopic (exact) mass is 949 g/mol. The topological polar surface area (TPSA) is 113 Å². The van der Waals surface area contributed by atoms with Crippen LogP contribution in [0.25, 0.3) is 22.3 Å². The largest absolute Gasteiger partial charge is 0.586 e. The molecule has 3 aliphatic heterocycles. The SMILES string of the molecule is C1CCOC1.Fc1cccc(CNc2ccc(-c3cc4c(cc3Cl)OC(F)(F)O4)cn2)c1Cl.O=C(Nc1ccc(-c2cc3c(cc2Cl)OC(F)(F)O3)cn1)c1cccc(F)c1Cl.[B]. The van der Waals surface area contributed by atoms with Crippen LogP contribution in [0.15, 0.2) is 97.3 Å². The summed E-state index contributed by atoms with van der Waals surface area (Å²) >= 11 is 24.0. The number of ether oxygens (including phenoxy) is 5. The number of anilines is 2. The second-order valence-corrected chi connectivity index (χ2v) is 14.8. The molecule has 1 saturated heterocycles. The molecular formula is C42H28BCl4F6N4O6. The number of fused-ring (bicyclic) bond motifs is 2. The Bertz CT molecular complexity index is 2610. The summed E-state index contributed by atoms with van der Waals surface area (Å²) in [5, 5.41) is 5.65. The number of hydrogen-bond acceptors (Lipinski definition) is 9. The van der Waals surface area contributed by atoms with Crippen molar-refractivity contribution < 1.29 is 54.8 Å². The summed E-state index contributed by atoms with van der Waals surface area (Å²) in [6.45, 7) is 2.28. The van der Waals surface area contributed by atoms with Crippen LogP contribution in [0.3, 0.4) is 0 Å². The highest BCUT2D eigenvalue weighted by atomic mass is 35.5. The molecule has 2 N–H and O–H groups in total. The van der Waals surface area contributed by atoms with Gasteiger partial charge in [-0.05, 0) is 73.0 Å². The highest BCUT2D eigenvalue weighted by Gasteiger charge is 2.45. The highest BCUT2D eigenvalue weighted by Crippen LogP contribution is 2.47. The molecule has 0 spiro atoms. The molecule has 0 saturated carbocycles. The Morgan fingerprint density at radius 3 is 1.59 bits per heavy atom. The zero-order valence-corrected chi connectivity index (χ0v) is 35.0. The third-order valence-electron chi connectivity index (χ3n) is 8.89. The van der Waals surface area contributed by atoms with E-state index in [0.29, 0.717) is 33.6 Å². The maximum atomic E-state index is 13.5. The van der Waals surface area contributed by atoms with E-state index in [1.165, 1.54) is 73.8 Å².